The second kappa shape index (κ2) is 8.14. The summed E-state index contributed by atoms with van der Waals surface area (Å²) in [5, 5.41) is 5.05. The topological polar surface area (TPSA) is 66.5 Å². The van der Waals surface area contributed by atoms with Gasteiger partial charge in [0.2, 0.25) is 10.0 Å². The maximum absolute atomic E-state index is 13.0. The van der Waals surface area contributed by atoms with Crippen LogP contribution in [0.3, 0.4) is 0 Å². The maximum Gasteiger partial charge on any atom is 0.255 e. The van der Waals surface area contributed by atoms with Crippen molar-refractivity contribution in [2.75, 3.05) is 18.4 Å². The lowest BCUT2D eigenvalue weighted by molar-refractivity contribution is 0.102. The molecule has 3 aromatic rings. The number of hydrogen-bond acceptors (Lipinski definition) is 3. The molecule has 1 amide bonds. The molecule has 3 aromatic carbocycles. The van der Waals surface area contributed by atoms with Crippen LogP contribution in [0.5, 0.6) is 0 Å². The van der Waals surface area contributed by atoms with Crippen molar-refractivity contribution in [3.05, 3.63) is 71.2 Å². The summed E-state index contributed by atoms with van der Waals surface area (Å²) in [6.07, 6.45) is 2.69. The number of sulfonamides is 1. The van der Waals surface area contributed by atoms with Crippen LogP contribution in [0.4, 0.5) is 5.69 Å². The summed E-state index contributed by atoms with van der Waals surface area (Å²) in [4.78, 5) is 12.7. The number of fused-ring (bicyclic) bond motifs is 1. The number of piperidine rings is 1. The third-order valence-corrected chi connectivity index (χ3v) is 7.51. The number of amides is 1. The minimum absolute atomic E-state index is 0.0211. The number of anilines is 1. The number of carbonyl (C=O) groups is 1. The van der Waals surface area contributed by atoms with Crippen LogP contribution >= 0.6 is 11.6 Å². The van der Waals surface area contributed by atoms with Gasteiger partial charge >= 0.3 is 0 Å². The van der Waals surface area contributed by atoms with Crippen molar-refractivity contribution in [1.82, 2.24) is 4.31 Å². The van der Waals surface area contributed by atoms with Gasteiger partial charge in [-0.15, -0.1) is 0 Å². The minimum Gasteiger partial charge on any atom is -0.322 e. The molecule has 0 bridgehead atoms. The van der Waals surface area contributed by atoms with Gasteiger partial charge in [-0.1, -0.05) is 48.4 Å². The second-order valence-corrected chi connectivity index (χ2v) is 9.44. The number of hydrogen-bond donors (Lipinski definition) is 1. The van der Waals surface area contributed by atoms with E-state index in [0.717, 1.165) is 30.0 Å². The molecule has 7 heteroatoms. The Morgan fingerprint density at radius 1 is 0.897 bits per heavy atom. The van der Waals surface area contributed by atoms with Gasteiger partial charge in [0.1, 0.15) is 4.90 Å². The first-order chi connectivity index (χ1) is 13.9. The molecule has 4 rings (SSSR count). The molecule has 0 unspecified atom stereocenters. The minimum atomic E-state index is -3.73. The highest BCUT2D eigenvalue weighted by molar-refractivity contribution is 7.89. The molecule has 150 valence electrons. The monoisotopic (exact) mass is 428 g/mol. The molecule has 0 spiro atoms. The lowest BCUT2D eigenvalue weighted by Gasteiger charge is -2.26. The van der Waals surface area contributed by atoms with Gasteiger partial charge in [-0.05, 0) is 53.9 Å². The van der Waals surface area contributed by atoms with Gasteiger partial charge in [0.15, 0.2) is 0 Å². The maximum atomic E-state index is 13.0. The van der Waals surface area contributed by atoms with Gasteiger partial charge in [0.05, 0.1) is 5.02 Å². The summed E-state index contributed by atoms with van der Waals surface area (Å²) in [6.45, 7) is 0.957. The van der Waals surface area contributed by atoms with Crippen molar-refractivity contribution in [1.29, 1.82) is 0 Å². The van der Waals surface area contributed by atoms with Crippen LogP contribution in [0.25, 0.3) is 10.8 Å². The van der Waals surface area contributed by atoms with Gasteiger partial charge in [0.25, 0.3) is 5.91 Å². The molecule has 0 aromatic heterocycles. The molecule has 5 nitrogen and oxygen atoms in total. The predicted octanol–water partition coefficient (Wildman–Crippen LogP) is 4.92. The van der Waals surface area contributed by atoms with Crippen molar-refractivity contribution in [3.63, 3.8) is 0 Å². The molecule has 1 aliphatic heterocycles. The Morgan fingerprint density at radius 3 is 2.38 bits per heavy atom. The number of rotatable bonds is 4. The fraction of sp³-hybridized carbons (Fsp3) is 0.227. The molecule has 1 heterocycles. The predicted molar refractivity (Wildman–Crippen MR) is 116 cm³/mol. The highest BCUT2D eigenvalue weighted by Gasteiger charge is 2.28. The van der Waals surface area contributed by atoms with Crippen molar-refractivity contribution in [2.45, 2.75) is 24.2 Å². The van der Waals surface area contributed by atoms with E-state index < -0.39 is 10.0 Å². The lowest BCUT2D eigenvalue weighted by atomic mass is 10.1. The van der Waals surface area contributed by atoms with Crippen LogP contribution in [-0.4, -0.2) is 31.7 Å². The number of benzene rings is 3. The highest BCUT2D eigenvalue weighted by Crippen LogP contribution is 2.28. The summed E-state index contributed by atoms with van der Waals surface area (Å²) in [7, 11) is -3.73. The van der Waals surface area contributed by atoms with Crippen molar-refractivity contribution in [3.8, 4) is 0 Å². The van der Waals surface area contributed by atoms with E-state index >= 15 is 0 Å². The van der Waals surface area contributed by atoms with Crippen LogP contribution in [0, 0.1) is 0 Å². The molecular formula is C22H21ClN2O3S. The first-order valence-corrected chi connectivity index (χ1v) is 11.4. The van der Waals surface area contributed by atoms with Crippen molar-refractivity contribution >= 4 is 44.0 Å². The van der Waals surface area contributed by atoms with Crippen LogP contribution in [-0.2, 0) is 10.0 Å². The molecule has 0 saturated carbocycles. The van der Waals surface area contributed by atoms with Gasteiger partial charge < -0.3 is 5.32 Å². The molecule has 1 fully saturated rings. The Labute approximate surface area is 175 Å². The van der Waals surface area contributed by atoms with Gasteiger partial charge in [-0.2, -0.15) is 4.31 Å². The van der Waals surface area contributed by atoms with Crippen LogP contribution in [0.15, 0.2) is 65.6 Å². The SMILES string of the molecule is O=C(Nc1ccc2ccccc2c1)c1ccc(Cl)c(S(=O)(=O)N2CCCCC2)c1. The Kier molecular flexibility index (Phi) is 5.58. The summed E-state index contributed by atoms with van der Waals surface area (Å²) in [6, 6.07) is 17.9. The first kappa shape index (κ1) is 19.9. The standard InChI is InChI=1S/C22H21ClN2O3S/c23-20-11-9-18(15-21(20)29(27,28)25-12-4-1-5-13-25)22(26)24-19-10-8-16-6-2-3-7-17(16)14-19/h2-3,6-11,14-15H,1,4-5,12-13H2,(H,24,26). The average molecular weight is 429 g/mol. The van der Waals surface area contributed by atoms with E-state index in [4.69, 9.17) is 11.6 Å². The fourth-order valence-electron chi connectivity index (χ4n) is 3.56. The first-order valence-electron chi connectivity index (χ1n) is 9.55. The molecule has 1 saturated heterocycles. The van der Waals surface area contributed by atoms with Gasteiger partial charge in [0, 0.05) is 24.3 Å². The Morgan fingerprint density at radius 2 is 1.62 bits per heavy atom. The summed E-state index contributed by atoms with van der Waals surface area (Å²) in [5.41, 5.74) is 0.891. The summed E-state index contributed by atoms with van der Waals surface area (Å²) in [5.74, 6) is -0.382. The summed E-state index contributed by atoms with van der Waals surface area (Å²) >= 11 is 6.19. The van der Waals surface area contributed by atoms with Crippen molar-refractivity contribution < 1.29 is 13.2 Å². The molecule has 1 aliphatic rings. The second-order valence-electron chi connectivity index (χ2n) is 7.13. The number of halogens is 1. The molecule has 1 N–H and O–H groups in total. The molecular weight excluding hydrogens is 408 g/mol. The van der Waals surface area contributed by atoms with Gasteiger partial charge in [-0.25, -0.2) is 8.42 Å². The van der Waals surface area contributed by atoms with E-state index in [1.807, 2.05) is 42.5 Å². The zero-order valence-corrected chi connectivity index (χ0v) is 17.3. The lowest BCUT2D eigenvalue weighted by Crippen LogP contribution is -2.35. The van der Waals surface area contributed by atoms with E-state index in [1.54, 1.807) is 0 Å². The van der Waals surface area contributed by atoms with E-state index in [2.05, 4.69) is 5.32 Å². The third kappa shape index (κ3) is 4.15. The number of nitrogens with zero attached hydrogens (tertiary/aromatic N) is 1. The molecule has 0 atom stereocenters. The number of nitrogens with one attached hydrogen (secondary N) is 1. The third-order valence-electron chi connectivity index (χ3n) is 5.13. The van der Waals surface area contributed by atoms with Crippen LogP contribution in [0.2, 0.25) is 5.02 Å². The zero-order chi connectivity index (χ0) is 20.4. The Balaban J connectivity index is 1.61. The molecule has 29 heavy (non-hydrogen) atoms. The Hall–Kier alpha value is -2.41. The number of carbonyl (C=O) groups excluding carboxylic acids is 1. The average Bonchev–Trinajstić information content (AvgIpc) is 2.74. The quantitative estimate of drug-likeness (QED) is 0.641. The van der Waals surface area contributed by atoms with Crippen molar-refractivity contribution in [2.24, 2.45) is 0 Å². The van der Waals surface area contributed by atoms with Gasteiger partial charge in [-0.3, -0.25) is 4.79 Å². The normalized spacial score (nSPS) is 15.3. The zero-order valence-electron chi connectivity index (χ0n) is 15.8. The van der Waals surface area contributed by atoms with Crippen LogP contribution < -0.4 is 5.32 Å². The Bertz CT molecular complexity index is 1170. The smallest absolute Gasteiger partial charge is 0.255 e. The van der Waals surface area contributed by atoms with Crippen LogP contribution in [0.1, 0.15) is 29.6 Å². The summed E-state index contributed by atoms with van der Waals surface area (Å²) < 4.78 is 27.4. The van der Waals surface area contributed by atoms with E-state index in [1.165, 1.54) is 22.5 Å². The fourth-order valence-corrected chi connectivity index (χ4v) is 5.57. The molecule has 0 aliphatic carbocycles. The molecule has 0 radical (unpaired) electrons. The van der Waals surface area contributed by atoms with E-state index in [0.29, 0.717) is 18.8 Å². The highest BCUT2D eigenvalue weighted by atomic mass is 35.5. The largest absolute Gasteiger partial charge is 0.322 e. The van der Waals surface area contributed by atoms with E-state index in [9.17, 15) is 13.2 Å². The van der Waals surface area contributed by atoms with E-state index in [-0.39, 0.29) is 21.4 Å².